The summed E-state index contributed by atoms with van der Waals surface area (Å²) in [4.78, 5) is 21.2. The van der Waals surface area contributed by atoms with Gasteiger partial charge in [0.1, 0.15) is 5.82 Å². The Labute approximate surface area is 160 Å². The molecule has 0 unspecified atom stereocenters. The molecule has 0 bridgehead atoms. The van der Waals surface area contributed by atoms with Crippen LogP contribution in [-0.4, -0.2) is 49.6 Å². The van der Waals surface area contributed by atoms with Crippen molar-refractivity contribution in [2.45, 2.75) is 26.8 Å². The second-order valence-corrected chi connectivity index (χ2v) is 6.53. The van der Waals surface area contributed by atoms with Gasteiger partial charge < -0.3 is 19.3 Å². The van der Waals surface area contributed by atoms with E-state index < -0.39 is 0 Å². The van der Waals surface area contributed by atoms with E-state index in [0.29, 0.717) is 18.7 Å². The molecule has 0 N–H and O–H groups in total. The largest absolute Gasteiger partial charge is 0.493 e. The van der Waals surface area contributed by atoms with Crippen molar-refractivity contribution in [3.05, 3.63) is 47.2 Å². The molecule has 2 aromatic rings. The number of aromatic nitrogens is 1. The Balaban J connectivity index is 1.85. The zero-order chi connectivity index (χ0) is 19.4. The van der Waals surface area contributed by atoms with Gasteiger partial charge in [-0.1, -0.05) is 0 Å². The molecule has 0 atom stereocenters. The van der Waals surface area contributed by atoms with E-state index in [9.17, 15) is 4.79 Å². The lowest BCUT2D eigenvalue weighted by Gasteiger charge is -2.31. The molecular formula is C21H27N3O3. The number of benzene rings is 1. The highest BCUT2D eigenvalue weighted by Gasteiger charge is 2.21. The quantitative estimate of drug-likeness (QED) is 0.783. The van der Waals surface area contributed by atoms with Gasteiger partial charge in [-0.2, -0.15) is 0 Å². The van der Waals surface area contributed by atoms with Gasteiger partial charge in [-0.25, -0.2) is 4.98 Å². The van der Waals surface area contributed by atoms with Crippen LogP contribution in [-0.2, 0) is 13.0 Å². The number of rotatable bonds is 6. The van der Waals surface area contributed by atoms with Crippen LogP contribution in [0.4, 0.5) is 5.82 Å². The number of pyridine rings is 1. The van der Waals surface area contributed by atoms with E-state index in [4.69, 9.17) is 9.47 Å². The zero-order valence-corrected chi connectivity index (χ0v) is 16.5. The van der Waals surface area contributed by atoms with Crippen molar-refractivity contribution in [2.75, 3.05) is 38.8 Å². The minimum absolute atomic E-state index is 0.0486. The van der Waals surface area contributed by atoms with E-state index in [0.717, 1.165) is 36.8 Å². The first-order valence-corrected chi connectivity index (χ1v) is 9.35. The molecule has 27 heavy (non-hydrogen) atoms. The number of methoxy groups -OCH3 is 2. The molecule has 0 saturated heterocycles. The summed E-state index contributed by atoms with van der Waals surface area (Å²) in [5.41, 5.74) is 3.14. The lowest BCUT2D eigenvalue weighted by atomic mass is 9.98. The molecular weight excluding hydrogens is 342 g/mol. The summed E-state index contributed by atoms with van der Waals surface area (Å²) in [7, 11) is 3.30. The first kappa shape index (κ1) is 19.0. The highest BCUT2D eigenvalue weighted by Crippen LogP contribution is 2.34. The molecule has 6 heteroatoms. The van der Waals surface area contributed by atoms with Crippen molar-refractivity contribution in [3.8, 4) is 11.5 Å². The molecule has 0 spiro atoms. The van der Waals surface area contributed by atoms with Crippen LogP contribution in [0.25, 0.3) is 0 Å². The summed E-state index contributed by atoms with van der Waals surface area (Å²) in [5.74, 6) is 2.37. The summed E-state index contributed by atoms with van der Waals surface area (Å²) in [6.45, 7) is 6.96. The number of fused-ring (bicyclic) bond motifs is 1. The predicted molar refractivity (Wildman–Crippen MR) is 106 cm³/mol. The number of amides is 1. The van der Waals surface area contributed by atoms with Crippen LogP contribution in [0.1, 0.15) is 35.3 Å². The first-order valence-electron chi connectivity index (χ1n) is 9.35. The number of ether oxygens (including phenoxy) is 2. The van der Waals surface area contributed by atoms with E-state index in [2.05, 4.69) is 16.0 Å². The number of hydrogen-bond donors (Lipinski definition) is 0. The van der Waals surface area contributed by atoms with E-state index in [-0.39, 0.29) is 5.91 Å². The van der Waals surface area contributed by atoms with E-state index >= 15 is 0 Å². The number of carbonyl (C=O) groups excluding carboxylic acids is 1. The molecule has 1 aromatic heterocycles. The molecule has 0 radical (unpaired) electrons. The van der Waals surface area contributed by atoms with Gasteiger partial charge in [0.15, 0.2) is 11.5 Å². The molecule has 6 nitrogen and oxygen atoms in total. The number of nitrogens with zero attached hydrogens (tertiary/aromatic N) is 3. The summed E-state index contributed by atoms with van der Waals surface area (Å²) < 4.78 is 10.8. The van der Waals surface area contributed by atoms with Crippen molar-refractivity contribution in [1.29, 1.82) is 0 Å². The molecule has 0 fully saturated rings. The molecule has 1 aromatic carbocycles. The van der Waals surface area contributed by atoms with Gasteiger partial charge in [0.2, 0.25) is 0 Å². The molecule has 3 rings (SSSR count). The number of carbonyl (C=O) groups is 1. The van der Waals surface area contributed by atoms with Crippen LogP contribution in [0.15, 0.2) is 30.5 Å². The van der Waals surface area contributed by atoms with Crippen LogP contribution in [0.5, 0.6) is 11.5 Å². The maximum Gasteiger partial charge on any atom is 0.254 e. The fourth-order valence-electron chi connectivity index (χ4n) is 3.50. The van der Waals surface area contributed by atoms with E-state index in [1.807, 2.05) is 30.9 Å². The Bertz CT molecular complexity index is 818. The van der Waals surface area contributed by atoms with Crippen LogP contribution in [0, 0.1) is 0 Å². The minimum atomic E-state index is 0.0486. The van der Waals surface area contributed by atoms with Gasteiger partial charge in [0.05, 0.1) is 14.2 Å². The Morgan fingerprint density at radius 2 is 1.78 bits per heavy atom. The third kappa shape index (κ3) is 3.84. The van der Waals surface area contributed by atoms with Crippen LogP contribution >= 0.6 is 0 Å². The zero-order valence-electron chi connectivity index (χ0n) is 16.5. The van der Waals surface area contributed by atoms with Crippen LogP contribution in [0.3, 0.4) is 0 Å². The Kier molecular flexibility index (Phi) is 5.84. The third-order valence-electron chi connectivity index (χ3n) is 5.09. The van der Waals surface area contributed by atoms with Gasteiger partial charge in [-0.05, 0) is 55.7 Å². The molecule has 1 aliphatic heterocycles. The van der Waals surface area contributed by atoms with E-state index in [1.165, 1.54) is 11.1 Å². The Morgan fingerprint density at radius 3 is 2.41 bits per heavy atom. The van der Waals surface area contributed by atoms with Gasteiger partial charge in [0, 0.05) is 37.9 Å². The smallest absolute Gasteiger partial charge is 0.254 e. The number of hydrogen-bond acceptors (Lipinski definition) is 5. The van der Waals surface area contributed by atoms with Gasteiger partial charge in [-0.15, -0.1) is 0 Å². The SMILES string of the molecule is CCN(CC)C(=O)c1ccnc(N2CCc3cc(OC)c(OC)cc3C2)c1. The second kappa shape index (κ2) is 8.29. The third-order valence-corrected chi connectivity index (χ3v) is 5.09. The lowest BCUT2D eigenvalue weighted by Crippen LogP contribution is -2.32. The second-order valence-electron chi connectivity index (χ2n) is 6.53. The van der Waals surface area contributed by atoms with Crippen LogP contribution < -0.4 is 14.4 Å². The van der Waals surface area contributed by atoms with Crippen molar-refractivity contribution in [1.82, 2.24) is 9.88 Å². The summed E-state index contributed by atoms with van der Waals surface area (Å²) >= 11 is 0. The average Bonchev–Trinajstić information content (AvgIpc) is 2.73. The Hall–Kier alpha value is -2.76. The first-order chi connectivity index (χ1) is 13.1. The molecule has 1 aliphatic rings. The lowest BCUT2D eigenvalue weighted by molar-refractivity contribution is 0.0773. The Morgan fingerprint density at radius 1 is 1.11 bits per heavy atom. The van der Waals surface area contributed by atoms with Crippen molar-refractivity contribution < 1.29 is 14.3 Å². The summed E-state index contributed by atoms with van der Waals surface area (Å²) in [6, 6.07) is 7.77. The molecule has 0 aliphatic carbocycles. The molecule has 2 heterocycles. The van der Waals surface area contributed by atoms with Gasteiger partial charge >= 0.3 is 0 Å². The maximum absolute atomic E-state index is 12.6. The summed E-state index contributed by atoms with van der Waals surface area (Å²) in [5, 5.41) is 0. The molecule has 144 valence electrons. The highest BCUT2D eigenvalue weighted by atomic mass is 16.5. The minimum Gasteiger partial charge on any atom is -0.493 e. The standard InChI is InChI=1S/C21H27N3O3/c1-5-23(6-2)21(25)16-7-9-22-20(13-16)24-10-8-15-11-18(26-3)19(27-4)12-17(15)14-24/h7,9,11-13H,5-6,8,10,14H2,1-4H3. The topological polar surface area (TPSA) is 54.9 Å². The van der Waals surface area contributed by atoms with Crippen molar-refractivity contribution in [3.63, 3.8) is 0 Å². The van der Waals surface area contributed by atoms with Crippen LogP contribution in [0.2, 0.25) is 0 Å². The molecule has 1 amide bonds. The van der Waals surface area contributed by atoms with E-state index in [1.54, 1.807) is 26.5 Å². The predicted octanol–water partition coefficient (Wildman–Crippen LogP) is 3.14. The highest BCUT2D eigenvalue weighted by molar-refractivity contribution is 5.94. The normalized spacial score (nSPS) is 13.1. The summed E-state index contributed by atoms with van der Waals surface area (Å²) in [6.07, 6.45) is 2.61. The number of anilines is 1. The monoisotopic (exact) mass is 369 g/mol. The van der Waals surface area contributed by atoms with Gasteiger partial charge in [0.25, 0.3) is 5.91 Å². The van der Waals surface area contributed by atoms with Gasteiger partial charge in [-0.3, -0.25) is 4.79 Å². The average molecular weight is 369 g/mol. The van der Waals surface area contributed by atoms with Crippen molar-refractivity contribution in [2.24, 2.45) is 0 Å². The van der Waals surface area contributed by atoms with Crippen molar-refractivity contribution >= 4 is 11.7 Å². The fraction of sp³-hybridized carbons (Fsp3) is 0.429. The fourth-order valence-corrected chi connectivity index (χ4v) is 3.50. The maximum atomic E-state index is 12.6. The molecule has 0 saturated carbocycles.